The van der Waals surface area contributed by atoms with Crippen molar-refractivity contribution in [3.05, 3.63) is 36.3 Å². The van der Waals surface area contributed by atoms with Gasteiger partial charge in [0.2, 0.25) is 10.0 Å². The molecule has 3 saturated carbocycles. The summed E-state index contributed by atoms with van der Waals surface area (Å²) in [4.78, 5) is 20.5. The van der Waals surface area contributed by atoms with Crippen molar-refractivity contribution < 1.29 is 13.2 Å². The fourth-order valence-electron chi connectivity index (χ4n) is 5.32. The van der Waals surface area contributed by atoms with Crippen LogP contribution in [0.5, 0.6) is 0 Å². The highest BCUT2D eigenvalue weighted by molar-refractivity contribution is 7.89. The highest BCUT2D eigenvalue weighted by atomic mass is 32.2. The Balaban J connectivity index is 1.50. The summed E-state index contributed by atoms with van der Waals surface area (Å²) in [6.07, 6.45) is 6.56. The van der Waals surface area contributed by atoms with Gasteiger partial charge >= 0.3 is 0 Å². The predicted octanol–water partition coefficient (Wildman–Crippen LogP) is 2.25. The van der Waals surface area contributed by atoms with Crippen molar-refractivity contribution in [3.8, 4) is 11.3 Å². The van der Waals surface area contributed by atoms with E-state index in [-0.39, 0.29) is 21.9 Å². The first-order valence-corrected chi connectivity index (χ1v) is 11.7. The van der Waals surface area contributed by atoms with Gasteiger partial charge in [-0.05, 0) is 57.2 Å². The minimum Gasteiger partial charge on any atom is -0.381 e. The van der Waals surface area contributed by atoms with Gasteiger partial charge in [-0.3, -0.25) is 4.79 Å². The third kappa shape index (κ3) is 3.04. The molecule has 3 fully saturated rings. The smallest absolute Gasteiger partial charge is 0.241 e. The monoisotopic (exact) mass is 440 g/mol. The van der Waals surface area contributed by atoms with E-state index >= 15 is 0 Å². The number of ketones is 1. The summed E-state index contributed by atoms with van der Waals surface area (Å²) in [5.41, 5.74) is 7.62. The molecule has 2 heterocycles. The number of nitrogens with one attached hydrogen (secondary N) is 1. The SMILES string of the molecule is CC(=O)C12CCCC(NS(=O)(=O)c3ccc(C)c(-c4cnc5c(N)ncnn45)c3)(C1)C2. The van der Waals surface area contributed by atoms with Gasteiger partial charge in [0.1, 0.15) is 12.1 Å². The molecular formula is C21H24N6O3S. The lowest BCUT2D eigenvalue weighted by Gasteiger charge is -2.59. The van der Waals surface area contributed by atoms with Gasteiger partial charge < -0.3 is 5.73 Å². The lowest BCUT2D eigenvalue weighted by molar-refractivity contribution is -0.142. The van der Waals surface area contributed by atoms with E-state index in [1.807, 2.05) is 6.92 Å². The Labute approximate surface area is 180 Å². The summed E-state index contributed by atoms with van der Waals surface area (Å²) in [6.45, 7) is 3.51. The van der Waals surface area contributed by atoms with E-state index in [1.54, 1.807) is 35.8 Å². The first-order valence-electron chi connectivity index (χ1n) is 10.3. The zero-order valence-electron chi connectivity index (χ0n) is 17.4. The van der Waals surface area contributed by atoms with Crippen LogP contribution >= 0.6 is 0 Å². The molecule has 0 spiro atoms. The van der Waals surface area contributed by atoms with Crippen molar-refractivity contribution in [2.24, 2.45) is 5.41 Å². The Kier molecular flexibility index (Phi) is 4.26. The van der Waals surface area contributed by atoms with E-state index in [0.29, 0.717) is 29.7 Å². The van der Waals surface area contributed by atoms with Gasteiger partial charge in [0.05, 0.1) is 16.8 Å². The van der Waals surface area contributed by atoms with Crippen LogP contribution in [0.1, 0.15) is 44.6 Å². The van der Waals surface area contributed by atoms with Gasteiger partial charge in [-0.2, -0.15) is 5.10 Å². The minimum absolute atomic E-state index is 0.161. The number of anilines is 1. The second kappa shape index (κ2) is 6.57. The molecule has 0 aliphatic heterocycles. The molecule has 0 atom stereocenters. The fourth-order valence-corrected chi connectivity index (χ4v) is 6.77. The Bertz CT molecular complexity index is 1320. The number of benzene rings is 1. The second-order valence-electron chi connectivity index (χ2n) is 8.93. The topological polar surface area (TPSA) is 132 Å². The first-order chi connectivity index (χ1) is 14.6. The molecule has 9 nitrogen and oxygen atoms in total. The number of nitrogen functional groups attached to an aromatic ring is 1. The third-order valence-corrected chi connectivity index (χ3v) is 8.46. The zero-order chi connectivity index (χ0) is 22.0. The molecule has 3 N–H and O–H groups in total. The largest absolute Gasteiger partial charge is 0.381 e. The maximum Gasteiger partial charge on any atom is 0.241 e. The molecule has 2 bridgehead atoms. The normalized spacial score (nSPS) is 25.4. The average Bonchev–Trinajstić information content (AvgIpc) is 3.12. The quantitative estimate of drug-likeness (QED) is 0.622. The number of Topliss-reactive ketones (excluding diaryl/α,β-unsaturated/α-hetero) is 1. The van der Waals surface area contributed by atoms with E-state index in [2.05, 4.69) is 19.8 Å². The Morgan fingerprint density at radius 2 is 2.00 bits per heavy atom. The average molecular weight is 441 g/mol. The van der Waals surface area contributed by atoms with Crippen molar-refractivity contribution in [2.75, 3.05) is 5.73 Å². The van der Waals surface area contributed by atoms with E-state index < -0.39 is 15.6 Å². The lowest BCUT2D eigenvalue weighted by atomic mass is 9.49. The van der Waals surface area contributed by atoms with Gasteiger partial charge in [0.25, 0.3) is 0 Å². The molecule has 6 rings (SSSR count). The van der Waals surface area contributed by atoms with E-state index in [1.165, 1.54) is 6.33 Å². The van der Waals surface area contributed by atoms with Crippen LogP contribution < -0.4 is 10.5 Å². The van der Waals surface area contributed by atoms with Crippen LogP contribution in [0, 0.1) is 12.3 Å². The number of aryl methyl sites for hydroxylation is 1. The second-order valence-corrected chi connectivity index (χ2v) is 10.6. The van der Waals surface area contributed by atoms with Crippen LogP contribution in [-0.2, 0) is 14.8 Å². The van der Waals surface area contributed by atoms with Gasteiger partial charge in [0, 0.05) is 16.5 Å². The van der Waals surface area contributed by atoms with E-state index in [9.17, 15) is 13.2 Å². The number of hydrogen-bond acceptors (Lipinski definition) is 7. The molecule has 31 heavy (non-hydrogen) atoms. The number of nitrogens with zero attached hydrogens (tertiary/aromatic N) is 4. The van der Waals surface area contributed by atoms with Gasteiger partial charge in [-0.1, -0.05) is 12.5 Å². The zero-order valence-corrected chi connectivity index (χ0v) is 18.2. The molecule has 3 aliphatic rings. The molecule has 0 radical (unpaired) electrons. The molecule has 0 saturated heterocycles. The van der Waals surface area contributed by atoms with Crippen LogP contribution in [0.4, 0.5) is 5.82 Å². The summed E-state index contributed by atoms with van der Waals surface area (Å²) in [5.74, 6) is 0.410. The van der Waals surface area contributed by atoms with Crippen molar-refractivity contribution in [1.82, 2.24) is 24.3 Å². The number of sulfonamides is 1. The fraction of sp³-hybridized carbons (Fsp3) is 0.429. The minimum atomic E-state index is -3.77. The molecule has 162 valence electrons. The maximum absolute atomic E-state index is 13.3. The number of carbonyl (C=O) groups is 1. The standard InChI is InChI=1S/C21H24N6O3S/c1-13-4-5-15(8-16(13)17-9-23-19-18(22)24-12-25-27(17)19)31(29,30)26-21-7-3-6-20(10-21,11-21)14(2)28/h4-5,8-9,12,26H,3,6-7,10-11H2,1-2H3,(H2,22,24,25). The molecule has 0 amide bonds. The molecule has 3 aromatic rings. The predicted molar refractivity (Wildman–Crippen MR) is 115 cm³/mol. The summed E-state index contributed by atoms with van der Waals surface area (Å²) in [6, 6.07) is 5.01. The number of hydrogen-bond donors (Lipinski definition) is 2. The summed E-state index contributed by atoms with van der Waals surface area (Å²) < 4.78 is 31.1. The van der Waals surface area contributed by atoms with Crippen molar-refractivity contribution in [3.63, 3.8) is 0 Å². The molecule has 2 aromatic heterocycles. The van der Waals surface area contributed by atoms with Crippen molar-refractivity contribution >= 4 is 27.3 Å². The third-order valence-electron chi connectivity index (χ3n) is 6.89. The van der Waals surface area contributed by atoms with E-state index in [4.69, 9.17) is 5.73 Å². The molecular weight excluding hydrogens is 416 g/mol. The lowest BCUT2D eigenvalue weighted by Crippen LogP contribution is -2.66. The number of nitrogens with two attached hydrogens (primary N) is 1. The van der Waals surface area contributed by atoms with Crippen molar-refractivity contribution in [2.45, 2.75) is 56.4 Å². The van der Waals surface area contributed by atoms with Crippen LogP contribution in [-0.4, -0.2) is 39.3 Å². The molecule has 0 unspecified atom stereocenters. The summed E-state index contributed by atoms with van der Waals surface area (Å²) in [7, 11) is -3.77. The van der Waals surface area contributed by atoms with Crippen LogP contribution in [0.2, 0.25) is 0 Å². The number of fused-ring (bicyclic) bond motifs is 3. The first kappa shape index (κ1) is 20.1. The Hall–Kier alpha value is -2.85. The Morgan fingerprint density at radius 1 is 1.23 bits per heavy atom. The Morgan fingerprint density at radius 3 is 2.74 bits per heavy atom. The number of aromatic nitrogens is 4. The summed E-state index contributed by atoms with van der Waals surface area (Å²) >= 11 is 0. The number of rotatable bonds is 5. The summed E-state index contributed by atoms with van der Waals surface area (Å²) in [5, 5.41) is 4.21. The maximum atomic E-state index is 13.3. The highest BCUT2D eigenvalue weighted by Crippen LogP contribution is 2.59. The molecule has 10 heteroatoms. The molecule has 3 aliphatic carbocycles. The van der Waals surface area contributed by atoms with Crippen LogP contribution in [0.15, 0.2) is 35.6 Å². The highest BCUT2D eigenvalue weighted by Gasteiger charge is 2.60. The van der Waals surface area contributed by atoms with Crippen LogP contribution in [0.3, 0.4) is 0 Å². The van der Waals surface area contributed by atoms with Gasteiger partial charge in [-0.25, -0.2) is 27.6 Å². The number of imidazole rings is 1. The van der Waals surface area contributed by atoms with Crippen LogP contribution in [0.25, 0.3) is 16.9 Å². The number of carbonyl (C=O) groups excluding carboxylic acids is 1. The van der Waals surface area contributed by atoms with Gasteiger partial charge in [0.15, 0.2) is 11.5 Å². The van der Waals surface area contributed by atoms with E-state index in [0.717, 1.165) is 24.8 Å². The van der Waals surface area contributed by atoms with Gasteiger partial charge in [-0.15, -0.1) is 0 Å². The van der Waals surface area contributed by atoms with Crippen molar-refractivity contribution in [1.29, 1.82) is 0 Å². The molecule has 1 aromatic carbocycles.